The maximum absolute atomic E-state index is 13.5. The van der Waals surface area contributed by atoms with Gasteiger partial charge in [-0.25, -0.2) is 8.78 Å². The van der Waals surface area contributed by atoms with Crippen molar-refractivity contribution in [1.29, 1.82) is 0 Å². The Labute approximate surface area is 98.4 Å². The Bertz CT molecular complexity index is 343. The zero-order valence-electron chi connectivity index (χ0n) is 9.52. The van der Waals surface area contributed by atoms with Crippen molar-refractivity contribution in [3.63, 3.8) is 0 Å². The third-order valence-corrected chi connectivity index (χ3v) is 3.47. The van der Waals surface area contributed by atoms with E-state index in [1.165, 1.54) is 12.1 Å². The largest absolute Gasteiger partial charge is 0.413 e. The Morgan fingerprint density at radius 3 is 2.31 bits per heavy atom. The molecule has 1 aromatic rings. The van der Waals surface area contributed by atoms with Crippen LogP contribution < -0.4 is 0 Å². The lowest BCUT2D eigenvalue weighted by Gasteiger charge is -2.30. The smallest absolute Gasteiger partial charge is 0.247 e. The molecule has 1 aromatic carbocycles. The average molecular weight is 241 g/mol. The van der Waals surface area contributed by atoms with Crippen LogP contribution in [0.15, 0.2) is 18.2 Å². The molecule has 0 fully saturated rings. The van der Waals surface area contributed by atoms with E-state index in [0.717, 1.165) is 18.9 Å². The van der Waals surface area contributed by atoms with E-state index < -0.39 is 17.2 Å². The fraction of sp³-hybridized carbons (Fsp3) is 0.500. The SMILES string of the molecule is CCC(CC)(Cc1ccc(F)cc1F)O[Si]. The third kappa shape index (κ3) is 2.89. The maximum Gasteiger partial charge on any atom is 0.247 e. The van der Waals surface area contributed by atoms with Gasteiger partial charge in [0.05, 0.1) is 5.60 Å². The minimum absolute atomic E-state index is 0.426. The van der Waals surface area contributed by atoms with Crippen LogP contribution in [0.25, 0.3) is 0 Å². The highest BCUT2D eigenvalue weighted by Crippen LogP contribution is 2.26. The second kappa shape index (κ2) is 5.55. The normalized spacial score (nSPS) is 11.8. The Hall–Kier alpha value is -0.743. The molecule has 0 spiro atoms. The minimum Gasteiger partial charge on any atom is -0.413 e. The van der Waals surface area contributed by atoms with Gasteiger partial charge in [0, 0.05) is 12.5 Å². The van der Waals surface area contributed by atoms with E-state index in [2.05, 4.69) is 10.5 Å². The van der Waals surface area contributed by atoms with Crippen LogP contribution >= 0.6 is 0 Å². The second-order valence-electron chi connectivity index (χ2n) is 3.90. The van der Waals surface area contributed by atoms with Crippen molar-refractivity contribution in [2.75, 3.05) is 0 Å². The molecule has 0 aliphatic carbocycles. The molecule has 0 aliphatic heterocycles. The minimum atomic E-state index is -0.556. The lowest BCUT2D eigenvalue weighted by Crippen LogP contribution is -2.33. The number of hydrogen-bond acceptors (Lipinski definition) is 1. The van der Waals surface area contributed by atoms with Crippen molar-refractivity contribution in [1.82, 2.24) is 0 Å². The molecule has 0 bridgehead atoms. The van der Waals surface area contributed by atoms with Crippen molar-refractivity contribution in [3.05, 3.63) is 35.4 Å². The van der Waals surface area contributed by atoms with Gasteiger partial charge in [-0.2, -0.15) is 0 Å². The first-order valence-corrected chi connectivity index (χ1v) is 5.76. The molecule has 0 N–H and O–H groups in total. The molecule has 0 aliphatic rings. The fourth-order valence-electron chi connectivity index (χ4n) is 1.69. The zero-order chi connectivity index (χ0) is 12.2. The molecule has 3 radical (unpaired) electrons. The van der Waals surface area contributed by atoms with E-state index >= 15 is 0 Å². The van der Waals surface area contributed by atoms with Crippen molar-refractivity contribution in [2.45, 2.75) is 38.7 Å². The van der Waals surface area contributed by atoms with Gasteiger partial charge in [-0.1, -0.05) is 19.9 Å². The first-order chi connectivity index (χ1) is 7.56. The lowest BCUT2D eigenvalue weighted by molar-refractivity contribution is 0.0703. The van der Waals surface area contributed by atoms with Crippen molar-refractivity contribution in [2.24, 2.45) is 0 Å². The summed E-state index contributed by atoms with van der Waals surface area (Å²) >= 11 is 0. The molecule has 0 aromatic heterocycles. The first-order valence-electron chi connectivity index (χ1n) is 5.35. The van der Waals surface area contributed by atoms with Gasteiger partial charge in [0.25, 0.3) is 0 Å². The molecule has 1 rings (SSSR count). The summed E-state index contributed by atoms with van der Waals surface area (Å²) in [6.07, 6.45) is 1.93. The van der Waals surface area contributed by atoms with Crippen LogP contribution in [0.2, 0.25) is 0 Å². The van der Waals surface area contributed by atoms with E-state index in [1.54, 1.807) is 0 Å². The molecule has 0 atom stereocenters. The van der Waals surface area contributed by atoms with Crippen LogP contribution in [0.3, 0.4) is 0 Å². The maximum atomic E-state index is 13.5. The number of hydrogen-bond donors (Lipinski definition) is 0. The summed E-state index contributed by atoms with van der Waals surface area (Å²) in [6.45, 7) is 3.95. The van der Waals surface area contributed by atoms with Crippen molar-refractivity contribution >= 4 is 10.5 Å². The fourth-order valence-corrected chi connectivity index (χ4v) is 2.05. The molecule has 0 unspecified atom stereocenters. The standard InChI is InChI=1S/C12H15F2OSi/c1-3-12(4-2,15-16)8-9-5-6-10(13)7-11(9)14/h5-7H,3-4,8H2,1-2H3. The quantitative estimate of drug-likeness (QED) is 0.719. The van der Waals surface area contributed by atoms with Crippen LogP contribution in [0, 0.1) is 11.6 Å². The summed E-state index contributed by atoms with van der Waals surface area (Å²) in [6, 6.07) is 3.64. The van der Waals surface area contributed by atoms with Gasteiger partial charge in [-0.05, 0) is 24.5 Å². The number of rotatable bonds is 5. The van der Waals surface area contributed by atoms with Gasteiger partial charge in [0.15, 0.2) is 0 Å². The third-order valence-electron chi connectivity index (χ3n) is 3.03. The Kier molecular flexibility index (Phi) is 4.62. The van der Waals surface area contributed by atoms with Crippen LogP contribution in [0.1, 0.15) is 32.3 Å². The predicted octanol–water partition coefficient (Wildman–Crippen LogP) is 3.17. The van der Waals surface area contributed by atoms with E-state index in [1.807, 2.05) is 13.8 Å². The second-order valence-corrected chi connectivity index (χ2v) is 4.11. The molecule has 0 amide bonds. The molecule has 0 saturated heterocycles. The van der Waals surface area contributed by atoms with Crippen molar-refractivity contribution < 1.29 is 13.2 Å². The Balaban J connectivity index is 2.93. The molecule has 1 nitrogen and oxygen atoms in total. The van der Waals surface area contributed by atoms with E-state index in [0.29, 0.717) is 12.0 Å². The summed E-state index contributed by atoms with van der Waals surface area (Å²) in [5.41, 5.74) is 0.0404. The Morgan fingerprint density at radius 1 is 1.25 bits per heavy atom. The molecular weight excluding hydrogens is 226 g/mol. The van der Waals surface area contributed by atoms with Crippen LogP contribution in [0.4, 0.5) is 8.78 Å². The highest BCUT2D eigenvalue weighted by Gasteiger charge is 2.26. The van der Waals surface area contributed by atoms with Gasteiger partial charge >= 0.3 is 0 Å². The molecular formula is C12H15F2OSi. The summed E-state index contributed by atoms with van der Waals surface area (Å²) < 4.78 is 31.5. The summed E-state index contributed by atoms with van der Waals surface area (Å²) in [4.78, 5) is 0. The molecule has 87 valence electrons. The van der Waals surface area contributed by atoms with Gasteiger partial charge in [0.2, 0.25) is 10.5 Å². The average Bonchev–Trinajstić information content (AvgIpc) is 2.29. The molecule has 4 heteroatoms. The van der Waals surface area contributed by atoms with E-state index in [9.17, 15) is 8.78 Å². The van der Waals surface area contributed by atoms with Gasteiger partial charge in [-0.15, -0.1) is 0 Å². The van der Waals surface area contributed by atoms with Crippen LogP contribution in [-0.2, 0) is 10.8 Å². The molecule has 0 heterocycles. The van der Waals surface area contributed by atoms with Gasteiger partial charge in [0.1, 0.15) is 11.6 Å². The zero-order valence-corrected chi connectivity index (χ0v) is 10.5. The van der Waals surface area contributed by atoms with E-state index in [-0.39, 0.29) is 0 Å². The van der Waals surface area contributed by atoms with E-state index in [4.69, 9.17) is 4.43 Å². The highest BCUT2D eigenvalue weighted by molar-refractivity contribution is 5.98. The monoisotopic (exact) mass is 241 g/mol. The van der Waals surface area contributed by atoms with Gasteiger partial charge < -0.3 is 4.43 Å². The number of halogens is 2. The summed E-state index contributed by atoms with van der Waals surface area (Å²) in [5, 5.41) is 0. The topological polar surface area (TPSA) is 9.23 Å². The van der Waals surface area contributed by atoms with Crippen LogP contribution in [-0.4, -0.2) is 16.1 Å². The molecule has 16 heavy (non-hydrogen) atoms. The highest BCUT2D eigenvalue weighted by atomic mass is 28.2. The summed E-state index contributed by atoms with van der Waals surface area (Å²) in [7, 11) is 3.04. The first kappa shape index (κ1) is 13.3. The number of benzene rings is 1. The summed E-state index contributed by atoms with van der Waals surface area (Å²) in [5.74, 6) is -1.07. The van der Waals surface area contributed by atoms with Crippen molar-refractivity contribution in [3.8, 4) is 0 Å². The Morgan fingerprint density at radius 2 is 1.88 bits per heavy atom. The van der Waals surface area contributed by atoms with Crippen LogP contribution in [0.5, 0.6) is 0 Å². The van der Waals surface area contributed by atoms with Gasteiger partial charge in [-0.3, -0.25) is 0 Å². The lowest BCUT2D eigenvalue weighted by atomic mass is 9.89. The molecule has 0 saturated carbocycles. The predicted molar refractivity (Wildman–Crippen MR) is 60.2 cm³/mol.